The number of rotatable bonds is 4. The molecule has 3 aromatic rings. The summed E-state index contributed by atoms with van der Waals surface area (Å²) in [6, 6.07) is 7.99. The SMILES string of the molecule is O=C(NCc1ccc(C(F)(F)F)nc1-c1cccc(F)c1)Nc1ccnnc1. The number of carbonyl (C=O) groups excluding carboxylic acids is 1. The first kappa shape index (κ1) is 19.2. The molecule has 6 nitrogen and oxygen atoms in total. The van der Waals surface area contributed by atoms with Gasteiger partial charge in [0.05, 0.1) is 23.8 Å². The summed E-state index contributed by atoms with van der Waals surface area (Å²) in [5.41, 5.74) is -0.324. The highest BCUT2D eigenvalue weighted by Crippen LogP contribution is 2.31. The molecule has 2 heterocycles. The Morgan fingerprint density at radius 3 is 2.57 bits per heavy atom. The van der Waals surface area contributed by atoms with Gasteiger partial charge >= 0.3 is 12.2 Å². The summed E-state index contributed by atoms with van der Waals surface area (Å²) in [6.45, 7) is -0.124. The molecule has 0 aliphatic heterocycles. The van der Waals surface area contributed by atoms with Crippen molar-refractivity contribution in [2.45, 2.75) is 12.7 Å². The highest BCUT2D eigenvalue weighted by Gasteiger charge is 2.33. The van der Waals surface area contributed by atoms with Gasteiger partial charge in [-0.05, 0) is 29.8 Å². The Balaban J connectivity index is 1.84. The van der Waals surface area contributed by atoms with Crippen LogP contribution in [0, 0.1) is 5.82 Å². The van der Waals surface area contributed by atoms with E-state index in [4.69, 9.17) is 0 Å². The first-order chi connectivity index (χ1) is 13.3. The van der Waals surface area contributed by atoms with Crippen molar-refractivity contribution in [1.29, 1.82) is 0 Å². The molecule has 0 saturated heterocycles. The predicted octanol–water partition coefficient (Wildman–Crippen LogP) is 4.02. The summed E-state index contributed by atoms with van der Waals surface area (Å²) in [5, 5.41) is 12.2. The molecule has 2 N–H and O–H groups in total. The van der Waals surface area contributed by atoms with E-state index in [9.17, 15) is 22.4 Å². The molecular formula is C18H13F4N5O. The minimum atomic E-state index is -4.65. The summed E-state index contributed by atoms with van der Waals surface area (Å²) in [6.07, 6.45) is -1.94. The zero-order valence-electron chi connectivity index (χ0n) is 14.2. The van der Waals surface area contributed by atoms with E-state index in [2.05, 4.69) is 25.8 Å². The van der Waals surface area contributed by atoms with Crippen molar-refractivity contribution in [1.82, 2.24) is 20.5 Å². The topological polar surface area (TPSA) is 79.8 Å². The van der Waals surface area contributed by atoms with Crippen LogP contribution in [0.1, 0.15) is 11.3 Å². The Morgan fingerprint density at radius 1 is 1.07 bits per heavy atom. The number of amides is 2. The molecular weight excluding hydrogens is 378 g/mol. The summed E-state index contributed by atoms with van der Waals surface area (Å²) >= 11 is 0. The maximum absolute atomic E-state index is 13.5. The molecule has 2 amide bonds. The van der Waals surface area contributed by atoms with Crippen molar-refractivity contribution in [3.05, 3.63) is 71.9 Å². The molecule has 0 unspecified atom stereocenters. The van der Waals surface area contributed by atoms with Crippen molar-refractivity contribution in [3.63, 3.8) is 0 Å². The van der Waals surface area contributed by atoms with Crippen LogP contribution in [0.3, 0.4) is 0 Å². The Labute approximate surface area is 156 Å². The van der Waals surface area contributed by atoms with E-state index < -0.39 is 23.7 Å². The van der Waals surface area contributed by atoms with Crippen molar-refractivity contribution >= 4 is 11.7 Å². The molecule has 0 atom stereocenters. The molecule has 0 saturated carbocycles. The van der Waals surface area contributed by atoms with E-state index in [1.807, 2.05) is 0 Å². The number of hydrogen-bond donors (Lipinski definition) is 2. The Morgan fingerprint density at radius 2 is 1.89 bits per heavy atom. The zero-order chi connectivity index (χ0) is 20.1. The third-order valence-electron chi connectivity index (χ3n) is 3.65. The van der Waals surface area contributed by atoms with Crippen LogP contribution < -0.4 is 10.6 Å². The Bertz CT molecular complexity index is 979. The first-order valence-electron chi connectivity index (χ1n) is 7.97. The van der Waals surface area contributed by atoms with Gasteiger partial charge in [0.25, 0.3) is 0 Å². The lowest BCUT2D eigenvalue weighted by Gasteiger charge is -2.14. The molecule has 10 heteroatoms. The van der Waals surface area contributed by atoms with E-state index in [1.165, 1.54) is 42.7 Å². The first-order valence-corrected chi connectivity index (χ1v) is 7.97. The average molecular weight is 391 g/mol. The molecule has 28 heavy (non-hydrogen) atoms. The second-order valence-corrected chi connectivity index (χ2v) is 5.65. The smallest absolute Gasteiger partial charge is 0.334 e. The fourth-order valence-corrected chi connectivity index (χ4v) is 2.39. The van der Waals surface area contributed by atoms with Gasteiger partial charge in [0.15, 0.2) is 0 Å². The molecule has 0 aliphatic carbocycles. The Kier molecular flexibility index (Phi) is 5.48. The van der Waals surface area contributed by atoms with Crippen LogP contribution in [0.25, 0.3) is 11.3 Å². The summed E-state index contributed by atoms with van der Waals surface area (Å²) < 4.78 is 52.6. The highest BCUT2D eigenvalue weighted by molar-refractivity contribution is 5.89. The van der Waals surface area contributed by atoms with Crippen molar-refractivity contribution in [2.24, 2.45) is 0 Å². The number of aromatic nitrogens is 3. The number of alkyl halides is 3. The van der Waals surface area contributed by atoms with Gasteiger partial charge in [-0.25, -0.2) is 14.2 Å². The minimum Gasteiger partial charge on any atom is -0.334 e. The number of anilines is 1. The maximum Gasteiger partial charge on any atom is 0.433 e. The summed E-state index contributed by atoms with van der Waals surface area (Å²) in [5.74, 6) is -0.612. The number of carbonyl (C=O) groups is 1. The highest BCUT2D eigenvalue weighted by atomic mass is 19.4. The van der Waals surface area contributed by atoms with Crippen LogP contribution in [-0.2, 0) is 12.7 Å². The normalized spacial score (nSPS) is 11.1. The quantitative estimate of drug-likeness (QED) is 0.659. The van der Waals surface area contributed by atoms with Gasteiger partial charge in [-0.1, -0.05) is 18.2 Å². The van der Waals surface area contributed by atoms with Crippen LogP contribution in [0.2, 0.25) is 0 Å². The number of nitrogens with one attached hydrogen (secondary N) is 2. The van der Waals surface area contributed by atoms with E-state index in [-0.39, 0.29) is 17.8 Å². The van der Waals surface area contributed by atoms with Gasteiger partial charge in [0.1, 0.15) is 11.5 Å². The fourth-order valence-electron chi connectivity index (χ4n) is 2.39. The van der Waals surface area contributed by atoms with Gasteiger partial charge in [-0.2, -0.15) is 23.4 Å². The van der Waals surface area contributed by atoms with Crippen LogP contribution in [0.4, 0.5) is 28.0 Å². The van der Waals surface area contributed by atoms with Gasteiger partial charge in [0, 0.05) is 12.1 Å². The van der Waals surface area contributed by atoms with Crippen molar-refractivity contribution in [2.75, 3.05) is 5.32 Å². The lowest BCUT2D eigenvalue weighted by Crippen LogP contribution is -2.28. The lowest BCUT2D eigenvalue weighted by molar-refractivity contribution is -0.141. The van der Waals surface area contributed by atoms with E-state index in [1.54, 1.807) is 0 Å². The number of hydrogen-bond acceptors (Lipinski definition) is 4. The van der Waals surface area contributed by atoms with Crippen LogP contribution in [-0.4, -0.2) is 21.2 Å². The van der Waals surface area contributed by atoms with E-state index in [0.29, 0.717) is 11.3 Å². The Hall–Kier alpha value is -3.56. The van der Waals surface area contributed by atoms with Gasteiger partial charge < -0.3 is 10.6 Å². The number of pyridine rings is 1. The molecule has 0 spiro atoms. The van der Waals surface area contributed by atoms with Gasteiger partial charge in [-0.15, -0.1) is 0 Å². The largest absolute Gasteiger partial charge is 0.433 e. The molecule has 0 aliphatic rings. The molecule has 0 bridgehead atoms. The third-order valence-corrected chi connectivity index (χ3v) is 3.65. The molecule has 0 fully saturated rings. The monoisotopic (exact) mass is 391 g/mol. The number of benzene rings is 1. The third kappa shape index (κ3) is 4.78. The second kappa shape index (κ2) is 7.99. The summed E-state index contributed by atoms with van der Waals surface area (Å²) in [4.78, 5) is 15.6. The lowest BCUT2D eigenvalue weighted by atomic mass is 10.0. The minimum absolute atomic E-state index is 0.0693. The van der Waals surface area contributed by atoms with E-state index in [0.717, 1.165) is 12.1 Å². The van der Waals surface area contributed by atoms with Crippen molar-refractivity contribution < 1.29 is 22.4 Å². The number of nitrogens with zero attached hydrogens (tertiary/aromatic N) is 3. The number of urea groups is 1. The second-order valence-electron chi connectivity index (χ2n) is 5.65. The maximum atomic E-state index is 13.5. The molecule has 0 radical (unpaired) electrons. The molecule has 1 aromatic carbocycles. The molecule has 144 valence electrons. The summed E-state index contributed by atoms with van der Waals surface area (Å²) in [7, 11) is 0. The molecule has 2 aromatic heterocycles. The van der Waals surface area contributed by atoms with Gasteiger partial charge in [0.2, 0.25) is 0 Å². The van der Waals surface area contributed by atoms with Gasteiger partial charge in [-0.3, -0.25) is 0 Å². The standard InChI is InChI=1S/C18H13F4N5O/c19-13-3-1-2-11(8-13)16-12(4-5-15(27-16)18(20,21)22)9-23-17(28)26-14-6-7-24-25-10-14/h1-8,10H,9H2,(H2,23,24,26,28). The molecule has 3 rings (SSSR count). The van der Waals surface area contributed by atoms with Crippen LogP contribution in [0.5, 0.6) is 0 Å². The fraction of sp³-hybridized carbons (Fsp3) is 0.111. The van der Waals surface area contributed by atoms with E-state index >= 15 is 0 Å². The predicted molar refractivity (Wildman–Crippen MR) is 92.5 cm³/mol. The van der Waals surface area contributed by atoms with Crippen LogP contribution in [0.15, 0.2) is 54.9 Å². The zero-order valence-corrected chi connectivity index (χ0v) is 14.2. The number of halogens is 4. The average Bonchev–Trinajstić information content (AvgIpc) is 2.66. The van der Waals surface area contributed by atoms with Crippen molar-refractivity contribution in [3.8, 4) is 11.3 Å². The van der Waals surface area contributed by atoms with Crippen LogP contribution >= 0.6 is 0 Å².